The van der Waals surface area contributed by atoms with Gasteiger partial charge >= 0.3 is 12.2 Å². The van der Waals surface area contributed by atoms with Gasteiger partial charge in [-0.1, -0.05) is 123 Å². The fourth-order valence-corrected chi connectivity index (χ4v) is 11.3. The van der Waals surface area contributed by atoms with Crippen molar-refractivity contribution in [2.45, 2.75) is 141 Å². The lowest BCUT2D eigenvalue weighted by molar-refractivity contribution is -0.150. The summed E-state index contributed by atoms with van der Waals surface area (Å²) in [6.07, 6.45) is 0.674. The molecule has 0 aromatic heterocycles. The summed E-state index contributed by atoms with van der Waals surface area (Å²) in [6.45, 7) is 17.8. The van der Waals surface area contributed by atoms with Crippen molar-refractivity contribution in [2.75, 3.05) is 32.1 Å². The number of carboxylic acid groups (broad SMARTS) is 2. The number of carbonyl (C=O) groups excluding carboxylic acids is 4. The summed E-state index contributed by atoms with van der Waals surface area (Å²) in [6, 6.07) is 21.7. The Labute approximate surface area is 395 Å². The van der Waals surface area contributed by atoms with Crippen molar-refractivity contribution >= 4 is 41.5 Å². The summed E-state index contributed by atoms with van der Waals surface area (Å²) >= 11 is 0. The first-order valence-corrected chi connectivity index (χ1v) is 23.3. The predicted molar refractivity (Wildman–Crippen MR) is 257 cm³/mol. The lowest BCUT2D eigenvalue weighted by atomic mass is 9.81. The topological polar surface area (TPSA) is 211 Å². The van der Waals surface area contributed by atoms with Gasteiger partial charge in [-0.25, -0.2) is 9.59 Å². The van der Waals surface area contributed by atoms with Crippen molar-refractivity contribution in [1.82, 2.24) is 19.6 Å². The van der Waals surface area contributed by atoms with E-state index in [1.165, 1.54) is 29.5 Å². The van der Waals surface area contributed by atoms with E-state index in [0.717, 1.165) is 39.5 Å². The molecule has 3 fully saturated rings. The van der Waals surface area contributed by atoms with E-state index in [-0.39, 0.29) is 30.6 Å². The molecule has 0 unspecified atom stereocenters. The quantitative estimate of drug-likeness (QED) is 0.148. The lowest BCUT2D eigenvalue weighted by Crippen LogP contribution is -2.61. The van der Waals surface area contributed by atoms with Gasteiger partial charge in [0.15, 0.2) is 0 Å². The Kier molecular flexibility index (Phi) is 13.6. The standard InChI is InChI=1S/C52H71N7O8/c1-48(2,3)34-22-24-37(25-23-34)59-38(32-14-18-35(19-15-32)51(44(53)62)28-12-30-57(51)42(60)40(49(4,5)6)55(10)46(64)65)26-27-39(59)33-16-20-36(21-17-33)52(45(54)63)29-13-31-58(52)43(61)41(50(7,8)9)56(11)47(66)67/h14-25,38-41H,12-13,26-31H2,1-11H3,(H2,53,62)(H2,54,63)(H,64,65)(H,66,67)/t38-,39-,40-,41-,51+,52+/m1/s1. The highest BCUT2D eigenvalue weighted by Crippen LogP contribution is 2.49. The summed E-state index contributed by atoms with van der Waals surface area (Å²) < 4.78 is 0. The summed E-state index contributed by atoms with van der Waals surface area (Å²) in [5, 5.41) is 19.9. The first kappa shape index (κ1) is 50.3. The maximum atomic E-state index is 14.4. The number of likely N-dealkylation sites (N-methyl/N-ethyl adjacent to an activating group) is 2. The van der Waals surface area contributed by atoms with E-state index >= 15 is 0 Å². The summed E-state index contributed by atoms with van der Waals surface area (Å²) in [5.74, 6) is -2.29. The van der Waals surface area contributed by atoms with Crippen LogP contribution in [0.1, 0.15) is 141 Å². The van der Waals surface area contributed by atoms with Gasteiger partial charge in [0.2, 0.25) is 23.6 Å². The third-order valence-electron chi connectivity index (χ3n) is 14.6. The monoisotopic (exact) mass is 922 g/mol. The van der Waals surface area contributed by atoms with Crippen molar-refractivity contribution in [3.8, 4) is 0 Å². The van der Waals surface area contributed by atoms with Gasteiger partial charge in [0.05, 0.1) is 12.1 Å². The maximum Gasteiger partial charge on any atom is 0.407 e. The molecule has 6 atom stereocenters. The number of hydrogen-bond donors (Lipinski definition) is 4. The van der Waals surface area contributed by atoms with Crippen LogP contribution < -0.4 is 16.4 Å². The normalized spacial score (nSPS) is 23.2. The maximum absolute atomic E-state index is 14.4. The minimum absolute atomic E-state index is 0.0718. The molecule has 0 saturated carbocycles. The van der Waals surface area contributed by atoms with Gasteiger partial charge in [0.1, 0.15) is 23.2 Å². The van der Waals surface area contributed by atoms with Crippen LogP contribution >= 0.6 is 0 Å². The molecule has 6 N–H and O–H groups in total. The van der Waals surface area contributed by atoms with E-state index in [4.69, 9.17) is 11.5 Å². The Balaban J connectivity index is 1.37. The molecule has 3 aliphatic rings. The van der Waals surface area contributed by atoms with Crippen LogP contribution in [-0.2, 0) is 35.7 Å². The zero-order valence-corrected chi connectivity index (χ0v) is 41.1. The Morgan fingerprint density at radius 2 is 0.925 bits per heavy atom. The van der Waals surface area contributed by atoms with Gasteiger partial charge in [0.25, 0.3) is 0 Å². The number of carbonyl (C=O) groups is 6. The van der Waals surface area contributed by atoms with Gasteiger partial charge < -0.3 is 36.4 Å². The van der Waals surface area contributed by atoms with E-state index in [1.54, 1.807) is 41.5 Å². The third kappa shape index (κ3) is 9.05. The third-order valence-corrected chi connectivity index (χ3v) is 14.6. The Bertz CT molecular complexity index is 2230. The number of rotatable bonds is 11. The fourth-order valence-electron chi connectivity index (χ4n) is 11.3. The van der Waals surface area contributed by atoms with Crippen molar-refractivity contribution in [3.05, 3.63) is 101 Å². The number of likely N-dealkylation sites (tertiary alicyclic amines) is 2. The molecule has 0 spiro atoms. The van der Waals surface area contributed by atoms with Crippen molar-refractivity contribution in [1.29, 1.82) is 0 Å². The molecule has 0 aliphatic carbocycles. The number of primary amides is 2. The zero-order chi connectivity index (χ0) is 49.8. The van der Waals surface area contributed by atoms with E-state index in [1.807, 2.05) is 48.5 Å². The van der Waals surface area contributed by atoms with Crippen LogP contribution in [0.4, 0.5) is 15.3 Å². The zero-order valence-electron chi connectivity index (χ0n) is 41.1. The largest absolute Gasteiger partial charge is 0.465 e. The first-order valence-electron chi connectivity index (χ1n) is 23.3. The van der Waals surface area contributed by atoms with Crippen LogP contribution in [0.2, 0.25) is 0 Å². The van der Waals surface area contributed by atoms with Crippen LogP contribution in [0.25, 0.3) is 0 Å². The second-order valence-electron chi connectivity index (χ2n) is 22.0. The van der Waals surface area contributed by atoms with Crippen molar-refractivity contribution in [3.63, 3.8) is 0 Å². The predicted octanol–water partition coefficient (Wildman–Crippen LogP) is 7.72. The average molecular weight is 922 g/mol. The number of nitrogens with zero attached hydrogens (tertiary/aromatic N) is 5. The van der Waals surface area contributed by atoms with Gasteiger partial charge in [-0.3, -0.25) is 29.0 Å². The Morgan fingerprint density at radius 1 is 0.582 bits per heavy atom. The highest BCUT2D eigenvalue weighted by Gasteiger charge is 2.55. The molecule has 15 heteroatoms. The lowest BCUT2D eigenvalue weighted by Gasteiger charge is -2.43. The second-order valence-corrected chi connectivity index (χ2v) is 22.0. The molecule has 3 heterocycles. The molecule has 15 nitrogen and oxygen atoms in total. The van der Waals surface area contributed by atoms with E-state index in [9.17, 15) is 39.0 Å². The van der Waals surface area contributed by atoms with Crippen LogP contribution in [0, 0.1) is 10.8 Å². The molecular formula is C52H71N7O8. The van der Waals surface area contributed by atoms with Crippen LogP contribution in [-0.4, -0.2) is 105 Å². The smallest absolute Gasteiger partial charge is 0.407 e. The summed E-state index contributed by atoms with van der Waals surface area (Å²) in [5.41, 5.74) is 13.2. The van der Waals surface area contributed by atoms with E-state index < -0.39 is 69.8 Å². The molecule has 0 radical (unpaired) electrons. The molecule has 362 valence electrons. The van der Waals surface area contributed by atoms with E-state index in [0.29, 0.717) is 36.8 Å². The number of amides is 6. The molecule has 3 aliphatic heterocycles. The van der Waals surface area contributed by atoms with Gasteiger partial charge in [-0.15, -0.1) is 0 Å². The number of anilines is 1. The minimum Gasteiger partial charge on any atom is -0.465 e. The number of hydrogen-bond acceptors (Lipinski definition) is 7. The van der Waals surface area contributed by atoms with Crippen LogP contribution in [0.15, 0.2) is 72.8 Å². The molecule has 3 aromatic carbocycles. The summed E-state index contributed by atoms with van der Waals surface area (Å²) in [7, 11) is 2.74. The summed E-state index contributed by atoms with van der Waals surface area (Å²) in [4.78, 5) is 87.9. The minimum atomic E-state index is -1.47. The second kappa shape index (κ2) is 18.2. The number of benzene rings is 3. The molecule has 0 bridgehead atoms. The fraction of sp³-hybridized carbons (Fsp3) is 0.538. The molecule has 3 aromatic rings. The van der Waals surface area contributed by atoms with Crippen molar-refractivity contribution < 1.29 is 39.0 Å². The van der Waals surface area contributed by atoms with Gasteiger partial charge in [0, 0.05) is 32.9 Å². The van der Waals surface area contributed by atoms with Crippen LogP contribution in [0.5, 0.6) is 0 Å². The SMILES string of the molecule is CN(C(=O)O)[C@H](C(=O)N1CCC[C@@]1(C(N)=O)c1ccc([C@H]2CC[C@H](c3ccc([C@]4(C(N)=O)CCCN4C(=O)[C@@H](N(C)C(=O)O)C(C)(C)C)cc3)N2c2ccc(C(C)(C)C)cc2)cc1)C(C)(C)C. The highest BCUT2D eigenvalue weighted by atomic mass is 16.4. The molecular weight excluding hydrogens is 851 g/mol. The molecule has 3 saturated heterocycles. The molecule has 6 amide bonds. The molecule has 6 rings (SSSR count). The first-order chi connectivity index (χ1) is 31.1. The van der Waals surface area contributed by atoms with Crippen molar-refractivity contribution in [2.24, 2.45) is 22.3 Å². The highest BCUT2D eigenvalue weighted by molar-refractivity contribution is 5.96. The Hall–Kier alpha value is -6.12. The average Bonchev–Trinajstić information content (AvgIpc) is 4.01. The van der Waals surface area contributed by atoms with Gasteiger partial charge in [-0.2, -0.15) is 0 Å². The Morgan fingerprint density at radius 3 is 1.21 bits per heavy atom. The van der Waals surface area contributed by atoms with Crippen LogP contribution in [0.3, 0.4) is 0 Å². The molecule has 67 heavy (non-hydrogen) atoms. The van der Waals surface area contributed by atoms with E-state index in [2.05, 4.69) is 49.9 Å². The van der Waals surface area contributed by atoms with Gasteiger partial charge in [-0.05, 0) is 94.7 Å². The number of nitrogens with two attached hydrogens (primary N) is 2.